The van der Waals surface area contributed by atoms with Crippen LogP contribution >= 0.6 is 24.0 Å². The molecule has 0 unspecified atom stereocenters. The SMILES string of the molecule is Cl.NCCCCNS(=O)(=O)c1ccc(F)cc1Cl. The van der Waals surface area contributed by atoms with Gasteiger partial charge in [0, 0.05) is 6.54 Å². The maximum atomic E-state index is 12.8. The molecule has 1 aromatic carbocycles. The van der Waals surface area contributed by atoms with Crippen LogP contribution in [0.15, 0.2) is 23.1 Å². The number of halogens is 3. The summed E-state index contributed by atoms with van der Waals surface area (Å²) in [4.78, 5) is -0.117. The summed E-state index contributed by atoms with van der Waals surface area (Å²) >= 11 is 5.67. The molecule has 0 saturated carbocycles. The molecule has 0 spiro atoms. The van der Waals surface area contributed by atoms with Gasteiger partial charge in [-0.3, -0.25) is 0 Å². The zero-order chi connectivity index (χ0) is 12.9. The third kappa shape index (κ3) is 5.07. The molecule has 4 nitrogen and oxygen atoms in total. The molecule has 0 aliphatic carbocycles. The first-order valence-corrected chi connectivity index (χ1v) is 6.98. The minimum Gasteiger partial charge on any atom is -0.330 e. The second kappa shape index (κ2) is 7.91. The number of rotatable bonds is 6. The van der Waals surface area contributed by atoms with Crippen LogP contribution in [-0.2, 0) is 10.0 Å². The van der Waals surface area contributed by atoms with Crippen LogP contribution in [0, 0.1) is 5.82 Å². The normalized spacial score (nSPS) is 11.1. The Hall–Kier alpha value is -0.400. The molecule has 3 N–H and O–H groups in total. The fourth-order valence-electron chi connectivity index (χ4n) is 1.25. The molecule has 0 aliphatic rings. The minimum atomic E-state index is -3.68. The van der Waals surface area contributed by atoms with Gasteiger partial charge in [0.1, 0.15) is 10.7 Å². The molecule has 0 saturated heterocycles. The standard InChI is InChI=1S/C10H14ClFN2O2S.ClH/c11-9-7-8(12)3-4-10(9)17(15,16)14-6-2-1-5-13;/h3-4,7,14H,1-2,5-6,13H2;1H. The van der Waals surface area contributed by atoms with Crippen molar-refractivity contribution in [1.29, 1.82) is 0 Å². The van der Waals surface area contributed by atoms with Gasteiger partial charge in [0.05, 0.1) is 5.02 Å². The highest BCUT2D eigenvalue weighted by molar-refractivity contribution is 7.89. The summed E-state index contributed by atoms with van der Waals surface area (Å²) in [5, 5.41) is -0.128. The van der Waals surface area contributed by atoms with E-state index in [1.807, 2.05) is 0 Å². The lowest BCUT2D eigenvalue weighted by Gasteiger charge is -2.07. The molecule has 0 atom stereocenters. The van der Waals surface area contributed by atoms with Crippen molar-refractivity contribution in [2.45, 2.75) is 17.7 Å². The molecule has 0 fully saturated rings. The van der Waals surface area contributed by atoms with Crippen LogP contribution in [0.25, 0.3) is 0 Å². The van der Waals surface area contributed by atoms with E-state index in [1.165, 1.54) is 0 Å². The van der Waals surface area contributed by atoms with Crippen molar-refractivity contribution in [3.05, 3.63) is 29.0 Å². The molecular formula is C10H15Cl2FN2O2S. The van der Waals surface area contributed by atoms with Crippen LogP contribution < -0.4 is 10.5 Å². The lowest BCUT2D eigenvalue weighted by molar-refractivity contribution is 0.576. The van der Waals surface area contributed by atoms with Crippen LogP contribution in [-0.4, -0.2) is 21.5 Å². The van der Waals surface area contributed by atoms with E-state index in [0.717, 1.165) is 24.6 Å². The molecule has 1 rings (SSSR count). The Bertz CT molecular complexity index is 483. The summed E-state index contributed by atoms with van der Waals surface area (Å²) in [6.07, 6.45) is 1.38. The molecule has 0 heterocycles. The summed E-state index contributed by atoms with van der Waals surface area (Å²) < 4.78 is 38.7. The molecule has 1 aromatic rings. The molecule has 0 radical (unpaired) electrons. The largest absolute Gasteiger partial charge is 0.330 e. The Labute approximate surface area is 117 Å². The third-order valence-electron chi connectivity index (χ3n) is 2.11. The highest BCUT2D eigenvalue weighted by atomic mass is 35.5. The van der Waals surface area contributed by atoms with E-state index in [-0.39, 0.29) is 28.9 Å². The Morgan fingerprint density at radius 2 is 2.00 bits per heavy atom. The van der Waals surface area contributed by atoms with Crippen molar-refractivity contribution in [1.82, 2.24) is 4.72 Å². The molecule has 0 bridgehead atoms. The summed E-state index contributed by atoms with van der Waals surface area (Å²) in [5.41, 5.74) is 5.29. The molecule has 18 heavy (non-hydrogen) atoms. The Morgan fingerprint density at radius 1 is 1.33 bits per heavy atom. The molecular weight excluding hydrogens is 302 g/mol. The summed E-state index contributed by atoms with van der Waals surface area (Å²) in [7, 11) is -3.68. The quantitative estimate of drug-likeness (QED) is 0.787. The van der Waals surface area contributed by atoms with Crippen LogP contribution in [0.4, 0.5) is 4.39 Å². The summed E-state index contributed by atoms with van der Waals surface area (Å²) in [6.45, 7) is 0.798. The first kappa shape index (κ1) is 17.6. The number of hydrogen-bond acceptors (Lipinski definition) is 3. The first-order valence-electron chi connectivity index (χ1n) is 5.12. The van der Waals surface area contributed by atoms with Crippen LogP contribution in [0.1, 0.15) is 12.8 Å². The summed E-state index contributed by atoms with van der Waals surface area (Å²) in [5.74, 6) is -0.572. The van der Waals surface area contributed by atoms with E-state index >= 15 is 0 Å². The van der Waals surface area contributed by atoms with E-state index in [0.29, 0.717) is 13.0 Å². The van der Waals surface area contributed by atoms with Gasteiger partial charge < -0.3 is 5.73 Å². The second-order valence-corrected chi connectivity index (χ2v) is 5.61. The fourth-order valence-corrected chi connectivity index (χ4v) is 2.85. The Morgan fingerprint density at radius 3 is 2.56 bits per heavy atom. The van der Waals surface area contributed by atoms with Crippen LogP contribution in [0.5, 0.6) is 0 Å². The van der Waals surface area contributed by atoms with Gasteiger partial charge in [-0.25, -0.2) is 17.5 Å². The average molecular weight is 317 g/mol. The molecule has 0 aliphatic heterocycles. The third-order valence-corrected chi connectivity index (χ3v) is 4.05. The molecule has 8 heteroatoms. The van der Waals surface area contributed by atoms with Gasteiger partial charge in [0.15, 0.2) is 0 Å². The van der Waals surface area contributed by atoms with Gasteiger partial charge in [-0.2, -0.15) is 0 Å². The monoisotopic (exact) mass is 316 g/mol. The Kier molecular flexibility index (Phi) is 7.73. The fraction of sp³-hybridized carbons (Fsp3) is 0.400. The van der Waals surface area contributed by atoms with E-state index in [4.69, 9.17) is 17.3 Å². The summed E-state index contributed by atoms with van der Waals surface area (Å²) in [6, 6.07) is 3.17. The topological polar surface area (TPSA) is 72.2 Å². The molecule has 104 valence electrons. The van der Waals surface area contributed by atoms with E-state index in [2.05, 4.69) is 4.72 Å². The average Bonchev–Trinajstić information content (AvgIpc) is 2.24. The maximum Gasteiger partial charge on any atom is 0.242 e. The van der Waals surface area contributed by atoms with Gasteiger partial charge in [-0.15, -0.1) is 12.4 Å². The van der Waals surface area contributed by atoms with Crippen molar-refractivity contribution in [2.24, 2.45) is 5.73 Å². The Balaban J connectivity index is 0.00000289. The van der Waals surface area contributed by atoms with Gasteiger partial charge in [0.25, 0.3) is 0 Å². The number of hydrogen-bond donors (Lipinski definition) is 2. The van der Waals surface area contributed by atoms with Crippen molar-refractivity contribution in [3.8, 4) is 0 Å². The van der Waals surface area contributed by atoms with Crippen molar-refractivity contribution in [2.75, 3.05) is 13.1 Å². The number of nitrogens with two attached hydrogens (primary N) is 1. The van der Waals surface area contributed by atoms with Gasteiger partial charge >= 0.3 is 0 Å². The van der Waals surface area contributed by atoms with Crippen molar-refractivity contribution >= 4 is 34.0 Å². The smallest absolute Gasteiger partial charge is 0.242 e. The highest BCUT2D eigenvalue weighted by Crippen LogP contribution is 2.21. The first-order chi connectivity index (χ1) is 7.97. The maximum absolute atomic E-state index is 12.8. The minimum absolute atomic E-state index is 0. The van der Waals surface area contributed by atoms with Crippen LogP contribution in [0.3, 0.4) is 0 Å². The van der Waals surface area contributed by atoms with Crippen molar-refractivity contribution < 1.29 is 12.8 Å². The van der Waals surface area contributed by atoms with Gasteiger partial charge in [-0.05, 0) is 37.6 Å². The lowest BCUT2D eigenvalue weighted by Crippen LogP contribution is -2.25. The predicted octanol–water partition coefficient (Wildman–Crippen LogP) is 1.92. The van der Waals surface area contributed by atoms with E-state index < -0.39 is 15.8 Å². The molecule has 0 amide bonds. The van der Waals surface area contributed by atoms with Gasteiger partial charge in [0.2, 0.25) is 10.0 Å². The number of sulfonamides is 1. The van der Waals surface area contributed by atoms with Crippen LogP contribution in [0.2, 0.25) is 5.02 Å². The van der Waals surface area contributed by atoms with E-state index in [9.17, 15) is 12.8 Å². The number of benzene rings is 1. The zero-order valence-electron chi connectivity index (χ0n) is 9.53. The molecule has 0 aromatic heterocycles. The predicted molar refractivity (Wildman–Crippen MR) is 72.1 cm³/mol. The number of unbranched alkanes of at least 4 members (excludes halogenated alkanes) is 1. The number of nitrogens with one attached hydrogen (secondary N) is 1. The van der Waals surface area contributed by atoms with Crippen molar-refractivity contribution in [3.63, 3.8) is 0 Å². The second-order valence-electron chi connectivity index (χ2n) is 3.47. The van der Waals surface area contributed by atoms with E-state index in [1.54, 1.807) is 0 Å². The van der Waals surface area contributed by atoms with Gasteiger partial charge in [-0.1, -0.05) is 11.6 Å². The highest BCUT2D eigenvalue weighted by Gasteiger charge is 2.17. The lowest BCUT2D eigenvalue weighted by atomic mass is 10.3. The zero-order valence-corrected chi connectivity index (χ0v) is 11.9.